The second kappa shape index (κ2) is 8.69. The van der Waals surface area contributed by atoms with Gasteiger partial charge in [-0.05, 0) is 18.4 Å². The van der Waals surface area contributed by atoms with Crippen LogP contribution in [-0.2, 0) is 17.6 Å². The van der Waals surface area contributed by atoms with E-state index < -0.39 is 6.10 Å². The topological polar surface area (TPSA) is 78.4 Å². The van der Waals surface area contributed by atoms with Crippen molar-refractivity contribution in [2.24, 2.45) is 5.92 Å². The van der Waals surface area contributed by atoms with Crippen LogP contribution in [-0.4, -0.2) is 58.2 Å². The Hall–Kier alpha value is -2.31. The van der Waals surface area contributed by atoms with Crippen LogP contribution in [0.2, 0.25) is 0 Å². The number of nitrogens with zero attached hydrogens (tertiary/aromatic N) is 3. The molecule has 2 N–H and O–H groups in total. The normalized spacial score (nSPS) is 20.5. The molecule has 1 aliphatic heterocycles. The maximum absolute atomic E-state index is 12.1. The summed E-state index contributed by atoms with van der Waals surface area (Å²) >= 11 is 0. The number of aliphatic hydroxyl groups excluding tert-OH is 1. The van der Waals surface area contributed by atoms with Crippen LogP contribution in [0.1, 0.15) is 11.3 Å². The number of benzene rings is 1. The molecule has 2 atom stereocenters. The van der Waals surface area contributed by atoms with Gasteiger partial charge in [0, 0.05) is 44.1 Å². The lowest BCUT2D eigenvalue weighted by atomic mass is 10.0. The highest BCUT2D eigenvalue weighted by molar-refractivity contribution is 5.78. The molecule has 1 aliphatic rings. The summed E-state index contributed by atoms with van der Waals surface area (Å²) < 4.78 is 0. The van der Waals surface area contributed by atoms with Gasteiger partial charge in [-0.15, -0.1) is 0 Å². The van der Waals surface area contributed by atoms with Gasteiger partial charge in [0.15, 0.2) is 0 Å². The van der Waals surface area contributed by atoms with E-state index in [2.05, 4.69) is 27.4 Å². The predicted molar refractivity (Wildman–Crippen MR) is 94.8 cm³/mol. The Bertz CT molecular complexity index is 666. The van der Waals surface area contributed by atoms with Crippen LogP contribution in [0.5, 0.6) is 0 Å². The molecule has 2 heterocycles. The number of β-amino-alcohol motifs (C(OH)–C–C–N with tert-alkyl or cyclic N) is 1. The van der Waals surface area contributed by atoms with Gasteiger partial charge in [-0.1, -0.05) is 30.3 Å². The SMILES string of the molecule is O=C(CN1C[C@@H](Cc2cnccn2)[C@H](O)C1)NCCc1ccccc1. The van der Waals surface area contributed by atoms with Crippen LogP contribution in [0, 0.1) is 5.92 Å². The number of rotatable bonds is 7. The zero-order valence-electron chi connectivity index (χ0n) is 14.2. The molecule has 2 aromatic rings. The van der Waals surface area contributed by atoms with Crippen LogP contribution in [0.15, 0.2) is 48.9 Å². The lowest BCUT2D eigenvalue weighted by Gasteiger charge is -2.15. The van der Waals surface area contributed by atoms with E-state index >= 15 is 0 Å². The first-order chi connectivity index (χ1) is 12.2. The molecule has 1 aromatic heterocycles. The van der Waals surface area contributed by atoms with E-state index in [1.54, 1.807) is 18.6 Å². The van der Waals surface area contributed by atoms with Crippen molar-refractivity contribution in [2.45, 2.75) is 18.9 Å². The maximum Gasteiger partial charge on any atom is 0.234 e. The fraction of sp³-hybridized carbons (Fsp3) is 0.421. The second-order valence-corrected chi connectivity index (χ2v) is 6.51. The zero-order valence-corrected chi connectivity index (χ0v) is 14.2. The van der Waals surface area contributed by atoms with Crippen molar-refractivity contribution in [3.05, 3.63) is 60.2 Å². The first-order valence-electron chi connectivity index (χ1n) is 8.66. The van der Waals surface area contributed by atoms with E-state index in [0.717, 1.165) is 12.1 Å². The lowest BCUT2D eigenvalue weighted by Crippen LogP contribution is -2.37. The molecule has 0 unspecified atom stereocenters. The molecule has 0 bridgehead atoms. The second-order valence-electron chi connectivity index (χ2n) is 6.51. The molecule has 0 spiro atoms. The molecule has 6 heteroatoms. The van der Waals surface area contributed by atoms with Gasteiger partial charge in [-0.3, -0.25) is 19.7 Å². The number of hydrogen-bond acceptors (Lipinski definition) is 5. The smallest absolute Gasteiger partial charge is 0.234 e. The van der Waals surface area contributed by atoms with Crippen LogP contribution < -0.4 is 5.32 Å². The Kier molecular flexibility index (Phi) is 6.09. The quantitative estimate of drug-likeness (QED) is 0.775. The van der Waals surface area contributed by atoms with Crippen LogP contribution in [0.25, 0.3) is 0 Å². The molecule has 1 amide bonds. The monoisotopic (exact) mass is 340 g/mol. The highest BCUT2D eigenvalue weighted by Crippen LogP contribution is 2.20. The van der Waals surface area contributed by atoms with E-state index in [9.17, 15) is 9.90 Å². The van der Waals surface area contributed by atoms with E-state index in [1.165, 1.54) is 5.56 Å². The minimum absolute atomic E-state index is 0.00304. The minimum atomic E-state index is -0.431. The van der Waals surface area contributed by atoms with Crippen molar-refractivity contribution in [3.63, 3.8) is 0 Å². The third-order valence-corrected chi connectivity index (χ3v) is 4.52. The van der Waals surface area contributed by atoms with Crippen molar-refractivity contribution < 1.29 is 9.90 Å². The molecule has 1 aromatic carbocycles. The molecule has 1 fully saturated rings. The van der Waals surface area contributed by atoms with Gasteiger partial charge in [0.1, 0.15) is 0 Å². The van der Waals surface area contributed by atoms with Crippen LogP contribution >= 0.6 is 0 Å². The highest BCUT2D eigenvalue weighted by Gasteiger charge is 2.32. The van der Waals surface area contributed by atoms with Gasteiger partial charge in [-0.2, -0.15) is 0 Å². The molecular formula is C19H24N4O2. The number of carbonyl (C=O) groups is 1. The summed E-state index contributed by atoms with van der Waals surface area (Å²) in [7, 11) is 0. The predicted octanol–water partition coefficient (Wildman–Crippen LogP) is 0.671. The third kappa shape index (κ3) is 5.34. The molecule has 1 saturated heterocycles. The summed E-state index contributed by atoms with van der Waals surface area (Å²) in [6.45, 7) is 2.17. The molecule has 132 valence electrons. The molecular weight excluding hydrogens is 316 g/mol. The number of amides is 1. The molecule has 25 heavy (non-hydrogen) atoms. The van der Waals surface area contributed by atoms with E-state index in [0.29, 0.717) is 32.6 Å². The number of hydrogen-bond donors (Lipinski definition) is 2. The maximum atomic E-state index is 12.1. The summed E-state index contributed by atoms with van der Waals surface area (Å²) in [6.07, 6.45) is 6.10. The Labute approximate surface area is 147 Å². The molecule has 0 saturated carbocycles. The zero-order chi connectivity index (χ0) is 17.5. The van der Waals surface area contributed by atoms with Crippen LogP contribution in [0.4, 0.5) is 0 Å². The number of aliphatic hydroxyl groups is 1. The van der Waals surface area contributed by atoms with E-state index in [-0.39, 0.29) is 11.8 Å². The van der Waals surface area contributed by atoms with E-state index in [1.807, 2.05) is 23.1 Å². The first kappa shape index (κ1) is 17.5. The standard InChI is InChI=1S/C19H24N4O2/c24-18-13-23(12-16(18)10-17-11-20-8-9-21-17)14-19(25)22-7-6-15-4-2-1-3-5-15/h1-5,8-9,11,16,18,24H,6-7,10,12-14H2,(H,22,25)/t16-,18-/m1/s1. The van der Waals surface area contributed by atoms with Gasteiger partial charge in [0.25, 0.3) is 0 Å². The molecule has 0 aliphatic carbocycles. The molecule has 6 nitrogen and oxygen atoms in total. The summed E-state index contributed by atoms with van der Waals surface area (Å²) in [5.41, 5.74) is 2.09. The Morgan fingerprint density at radius 3 is 2.84 bits per heavy atom. The average molecular weight is 340 g/mol. The molecule has 0 radical (unpaired) electrons. The summed E-state index contributed by atoms with van der Waals surface area (Å²) in [6, 6.07) is 10.1. The number of nitrogens with one attached hydrogen (secondary N) is 1. The van der Waals surface area contributed by atoms with Crippen LogP contribution in [0.3, 0.4) is 0 Å². The Balaban J connectivity index is 1.40. The van der Waals surface area contributed by atoms with Crippen molar-refractivity contribution >= 4 is 5.91 Å². The first-order valence-corrected chi connectivity index (χ1v) is 8.66. The fourth-order valence-corrected chi connectivity index (χ4v) is 3.23. The van der Waals surface area contributed by atoms with Gasteiger partial charge in [-0.25, -0.2) is 0 Å². The van der Waals surface area contributed by atoms with Crippen molar-refractivity contribution in [1.82, 2.24) is 20.2 Å². The van der Waals surface area contributed by atoms with Gasteiger partial charge < -0.3 is 10.4 Å². The number of carbonyl (C=O) groups excluding carboxylic acids is 1. The summed E-state index contributed by atoms with van der Waals surface area (Å²) in [5.74, 6) is 0.0945. The van der Waals surface area contributed by atoms with Gasteiger partial charge in [0.05, 0.1) is 18.3 Å². The van der Waals surface area contributed by atoms with Crippen molar-refractivity contribution in [3.8, 4) is 0 Å². The highest BCUT2D eigenvalue weighted by atomic mass is 16.3. The average Bonchev–Trinajstić information content (AvgIpc) is 2.96. The van der Waals surface area contributed by atoms with Gasteiger partial charge in [0.2, 0.25) is 5.91 Å². The van der Waals surface area contributed by atoms with Crippen molar-refractivity contribution in [1.29, 1.82) is 0 Å². The molecule has 3 rings (SSSR count). The minimum Gasteiger partial charge on any atom is -0.391 e. The number of likely N-dealkylation sites (tertiary alicyclic amines) is 1. The summed E-state index contributed by atoms with van der Waals surface area (Å²) in [4.78, 5) is 22.4. The third-order valence-electron chi connectivity index (χ3n) is 4.52. The Morgan fingerprint density at radius 2 is 2.08 bits per heavy atom. The number of aromatic nitrogens is 2. The summed E-state index contributed by atoms with van der Waals surface area (Å²) in [5, 5.41) is 13.2. The van der Waals surface area contributed by atoms with Gasteiger partial charge >= 0.3 is 0 Å². The van der Waals surface area contributed by atoms with Crippen molar-refractivity contribution in [2.75, 3.05) is 26.2 Å². The largest absolute Gasteiger partial charge is 0.391 e. The lowest BCUT2D eigenvalue weighted by molar-refractivity contribution is -0.122. The fourth-order valence-electron chi connectivity index (χ4n) is 3.23. The van der Waals surface area contributed by atoms with E-state index in [4.69, 9.17) is 0 Å². The Morgan fingerprint density at radius 1 is 1.24 bits per heavy atom.